The molecule has 1 atom stereocenters. The van der Waals surface area contributed by atoms with Crippen LogP contribution in [-0.2, 0) is 4.79 Å². The predicted molar refractivity (Wildman–Crippen MR) is 73.7 cm³/mol. The van der Waals surface area contributed by atoms with E-state index < -0.39 is 0 Å². The van der Waals surface area contributed by atoms with Crippen LogP contribution in [0.25, 0.3) is 0 Å². The summed E-state index contributed by atoms with van der Waals surface area (Å²) in [6, 6.07) is 5.92. The highest BCUT2D eigenvalue weighted by molar-refractivity contribution is 6.34. The van der Waals surface area contributed by atoms with Crippen molar-refractivity contribution in [3.63, 3.8) is 0 Å². The topological polar surface area (TPSA) is 41.1 Å². The van der Waals surface area contributed by atoms with Gasteiger partial charge in [0.15, 0.2) is 0 Å². The summed E-state index contributed by atoms with van der Waals surface area (Å²) in [4.78, 5) is 10.9. The number of carbonyl (C=O) groups is 1. The van der Waals surface area contributed by atoms with E-state index in [1.54, 1.807) is 6.07 Å². The molecule has 94 valence electrons. The van der Waals surface area contributed by atoms with E-state index in [0.29, 0.717) is 22.7 Å². The Kier molecular flexibility index (Phi) is 4.82. The highest BCUT2D eigenvalue weighted by Gasteiger charge is 2.08. The van der Waals surface area contributed by atoms with Gasteiger partial charge in [-0.25, -0.2) is 0 Å². The highest BCUT2D eigenvalue weighted by Crippen LogP contribution is 2.26. The van der Waals surface area contributed by atoms with Crippen molar-refractivity contribution in [2.75, 3.05) is 10.6 Å². The molecule has 2 N–H and O–H groups in total. The Morgan fingerprint density at radius 2 is 1.94 bits per heavy atom. The third-order valence-electron chi connectivity index (χ3n) is 2.67. The summed E-state index contributed by atoms with van der Waals surface area (Å²) in [7, 11) is 0. The van der Waals surface area contributed by atoms with Gasteiger partial charge in [0, 0.05) is 18.7 Å². The Morgan fingerprint density at radius 3 is 2.41 bits per heavy atom. The number of carbonyl (C=O) groups excluding carboxylic acids is 1. The zero-order valence-corrected chi connectivity index (χ0v) is 11.4. The summed E-state index contributed by atoms with van der Waals surface area (Å²) in [5.74, 6) is 0.423. The molecule has 0 saturated heterocycles. The number of hydrogen-bond donors (Lipinski definition) is 2. The average molecular weight is 255 g/mol. The lowest BCUT2D eigenvalue weighted by Gasteiger charge is -2.19. The molecule has 0 spiro atoms. The first kappa shape index (κ1) is 13.8. The van der Waals surface area contributed by atoms with Gasteiger partial charge >= 0.3 is 0 Å². The molecule has 0 aliphatic heterocycles. The Labute approximate surface area is 108 Å². The maximum atomic E-state index is 10.9. The van der Waals surface area contributed by atoms with Crippen molar-refractivity contribution in [3.05, 3.63) is 23.2 Å². The molecule has 0 bridgehead atoms. The molecule has 0 aromatic heterocycles. The molecule has 0 aliphatic carbocycles. The molecule has 1 rings (SSSR count). The molecule has 1 aromatic carbocycles. The van der Waals surface area contributed by atoms with Crippen molar-refractivity contribution < 1.29 is 4.79 Å². The van der Waals surface area contributed by atoms with E-state index in [1.807, 2.05) is 12.1 Å². The second kappa shape index (κ2) is 5.92. The van der Waals surface area contributed by atoms with Gasteiger partial charge in [-0.1, -0.05) is 25.4 Å². The molecule has 0 aliphatic rings. The number of anilines is 2. The molecule has 1 aromatic rings. The molecule has 0 heterocycles. The quantitative estimate of drug-likeness (QED) is 0.859. The summed E-state index contributed by atoms with van der Waals surface area (Å²) in [5.41, 5.74) is 1.60. The van der Waals surface area contributed by atoms with E-state index in [1.165, 1.54) is 6.92 Å². The number of halogens is 1. The highest BCUT2D eigenvalue weighted by atomic mass is 35.5. The predicted octanol–water partition coefficient (Wildman–Crippen LogP) is 3.75. The normalized spacial score (nSPS) is 12.4. The molecule has 1 unspecified atom stereocenters. The Morgan fingerprint density at radius 1 is 1.29 bits per heavy atom. The first-order valence-corrected chi connectivity index (χ1v) is 6.11. The summed E-state index contributed by atoms with van der Waals surface area (Å²) in [6.07, 6.45) is 0. The van der Waals surface area contributed by atoms with Crippen molar-refractivity contribution >= 4 is 28.9 Å². The SMILES string of the molecule is CC(=O)Nc1ccc(NC(C)C(C)C)cc1Cl. The van der Waals surface area contributed by atoms with Crippen molar-refractivity contribution in [2.24, 2.45) is 5.92 Å². The van der Waals surface area contributed by atoms with E-state index in [2.05, 4.69) is 31.4 Å². The van der Waals surface area contributed by atoms with E-state index in [9.17, 15) is 4.79 Å². The molecule has 1 amide bonds. The van der Waals surface area contributed by atoms with Crippen LogP contribution < -0.4 is 10.6 Å². The van der Waals surface area contributed by atoms with Gasteiger partial charge in [0.1, 0.15) is 0 Å². The zero-order chi connectivity index (χ0) is 13.0. The van der Waals surface area contributed by atoms with E-state index in [-0.39, 0.29) is 5.91 Å². The maximum Gasteiger partial charge on any atom is 0.221 e. The third kappa shape index (κ3) is 4.27. The van der Waals surface area contributed by atoms with E-state index in [4.69, 9.17) is 11.6 Å². The molecule has 17 heavy (non-hydrogen) atoms. The standard InChI is InChI=1S/C13H19ClN2O/c1-8(2)9(3)15-11-5-6-13(12(14)7-11)16-10(4)17/h5-9,15H,1-4H3,(H,16,17). The number of amides is 1. The molecule has 0 radical (unpaired) electrons. The van der Waals surface area contributed by atoms with Crippen LogP contribution in [0.15, 0.2) is 18.2 Å². The van der Waals surface area contributed by atoms with Crippen LogP contribution in [0.2, 0.25) is 5.02 Å². The molecule has 4 heteroatoms. The average Bonchev–Trinajstić information content (AvgIpc) is 2.21. The van der Waals surface area contributed by atoms with Crippen LogP contribution in [0.5, 0.6) is 0 Å². The van der Waals surface area contributed by atoms with Crippen molar-refractivity contribution in [3.8, 4) is 0 Å². The third-order valence-corrected chi connectivity index (χ3v) is 2.99. The molecule has 3 nitrogen and oxygen atoms in total. The van der Waals surface area contributed by atoms with Gasteiger partial charge in [-0.05, 0) is 31.0 Å². The van der Waals surface area contributed by atoms with Crippen molar-refractivity contribution in [1.82, 2.24) is 0 Å². The molecule has 0 saturated carbocycles. The fraction of sp³-hybridized carbons (Fsp3) is 0.462. The molecule has 0 fully saturated rings. The van der Waals surface area contributed by atoms with Crippen LogP contribution in [-0.4, -0.2) is 11.9 Å². The van der Waals surface area contributed by atoms with Gasteiger partial charge < -0.3 is 10.6 Å². The van der Waals surface area contributed by atoms with Crippen LogP contribution in [0.1, 0.15) is 27.7 Å². The van der Waals surface area contributed by atoms with Gasteiger partial charge in [-0.15, -0.1) is 0 Å². The largest absolute Gasteiger partial charge is 0.382 e. The minimum absolute atomic E-state index is 0.122. The van der Waals surface area contributed by atoms with E-state index in [0.717, 1.165) is 5.69 Å². The first-order chi connectivity index (χ1) is 7.90. The van der Waals surface area contributed by atoms with Crippen molar-refractivity contribution in [1.29, 1.82) is 0 Å². The minimum atomic E-state index is -0.122. The lowest BCUT2D eigenvalue weighted by atomic mass is 10.1. The number of nitrogens with one attached hydrogen (secondary N) is 2. The maximum absolute atomic E-state index is 10.9. The summed E-state index contributed by atoms with van der Waals surface area (Å²) < 4.78 is 0. The lowest BCUT2D eigenvalue weighted by Crippen LogP contribution is -2.21. The summed E-state index contributed by atoms with van der Waals surface area (Å²) in [6.45, 7) is 7.90. The van der Waals surface area contributed by atoms with Crippen LogP contribution in [0, 0.1) is 5.92 Å². The summed E-state index contributed by atoms with van der Waals surface area (Å²) >= 11 is 6.08. The number of hydrogen-bond acceptors (Lipinski definition) is 2. The Balaban J connectivity index is 2.78. The smallest absolute Gasteiger partial charge is 0.221 e. The summed E-state index contributed by atoms with van der Waals surface area (Å²) in [5, 5.41) is 6.59. The van der Waals surface area contributed by atoms with Crippen LogP contribution >= 0.6 is 11.6 Å². The fourth-order valence-electron chi connectivity index (χ4n) is 1.33. The van der Waals surface area contributed by atoms with Gasteiger partial charge in [0.2, 0.25) is 5.91 Å². The van der Waals surface area contributed by atoms with E-state index >= 15 is 0 Å². The monoisotopic (exact) mass is 254 g/mol. The Hall–Kier alpha value is -1.22. The second-order valence-corrected chi connectivity index (χ2v) is 4.96. The van der Waals surface area contributed by atoms with Gasteiger partial charge in [-0.3, -0.25) is 4.79 Å². The fourth-order valence-corrected chi connectivity index (χ4v) is 1.55. The van der Waals surface area contributed by atoms with Gasteiger partial charge in [0.25, 0.3) is 0 Å². The van der Waals surface area contributed by atoms with Crippen molar-refractivity contribution in [2.45, 2.75) is 33.7 Å². The number of rotatable bonds is 4. The Bertz CT molecular complexity index is 404. The molecular formula is C13H19ClN2O. The number of benzene rings is 1. The second-order valence-electron chi connectivity index (χ2n) is 4.55. The van der Waals surface area contributed by atoms with Gasteiger partial charge in [-0.2, -0.15) is 0 Å². The minimum Gasteiger partial charge on any atom is -0.382 e. The van der Waals surface area contributed by atoms with Crippen LogP contribution in [0.3, 0.4) is 0 Å². The first-order valence-electron chi connectivity index (χ1n) is 5.74. The van der Waals surface area contributed by atoms with Crippen LogP contribution in [0.4, 0.5) is 11.4 Å². The lowest BCUT2D eigenvalue weighted by molar-refractivity contribution is -0.114. The zero-order valence-electron chi connectivity index (χ0n) is 10.7. The van der Waals surface area contributed by atoms with Gasteiger partial charge in [0.05, 0.1) is 10.7 Å². The molecular weight excluding hydrogens is 236 g/mol.